The van der Waals surface area contributed by atoms with E-state index < -0.39 is 46.3 Å². The second-order valence-electron chi connectivity index (χ2n) is 9.75. The number of amides is 1. The van der Waals surface area contributed by atoms with Gasteiger partial charge in [0, 0.05) is 18.7 Å². The molecule has 1 heterocycles. The van der Waals surface area contributed by atoms with Crippen molar-refractivity contribution in [3.8, 4) is 17.2 Å². The average Bonchev–Trinajstić information content (AvgIpc) is 3.23. The van der Waals surface area contributed by atoms with Crippen LogP contribution in [0.4, 0.5) is 0 Å². The molecular formula is C30H25NO9. The Morgan fingerprint density at radius 3 is 2.50 bits per heavy atom. The lowest BCUT2D eigenvalue weighted by Crippen LogP contribution is -2.47. The predicted octanol–water partition coefficient (Wildman–Crippen LogP) is 3.16. The maximum absolute atomic E-state index is 13.6. The molecule has 0 aromatic heterocycles. The number of Topliss-reactive ketones (excluding diaryl/α,β-unsaturated/α-hetero) is 2. The van der Waals surface area contributed by atoms with E-state index in [0.717, 1.165) is 23.8 Å². The van der Waals surface area contributed by atoms with Gasteiger partial charge in [-0.3, -0.25) is 19.2 Å². The molecule has 0 bridgehead atoms. The molecule has 0 fully saturated rings. The highest BCUT2D eigenvalue weighted by Crippen LogP contribution is 2.56. The third-order valence-corrected chi connectivity index (χ3v) is 7.40. The molecule has 5 rings (SSSR count). The molecule has 2 aliphatic rings. The zero-order valence-electron chi connectivity index (χ0n) is 22.1. The van der Waals surface area contributed by atoms with Crippen molar-refractivity contribution in [2.75, 3.05) is 14.2 Å². The standard InChI is InChI=1S/C30H25NO9/c1-14(32)23-19(33)12-22-30(2,27(23)35)25-20(34)11-21(38-3)24(26(25)40-22)28(36)31-13-17-10-16(29(37)39-4)9-15-7-5-6-8-18(15)17/h5-12,23,34H,13H2,1-4H3,(H,31,36)/t23?,30-/m1/s1. The summed E-state index contributed by atoms with van der Waals surface area (Å²) in [6.45, 7) is 2.57. The second-order valence-corrected chi connectivity index (χ2v) is 9.75. The first kappa shape index (κ1) is 26.6. The van der Waals surface area contributed by atoms with Crippen LogP contribution in [0.15, 0.2) is 54.3 Å². The lowest BCUT2D eigenvalue weighted by Gasteiger charge is -2.30. The number of esters is 1. The van der Waals surface area contributed by atoms with E-state index in [1.54, 1.807) is 12.1 Å². The van der Waals surface area contributed by atoms with Crippen LogP contribution in [0.1, 0.15) is 45.7 Å². The molecule has 0 radical (unpaired) electrons. The average molecular weight is 544 g/mol. The Morgan fingerprint density at radius 2 is 1.82 bits per heavy atom. The third kappa shape index (κ3) is 3.91. The fraction of sp³-hybridized carbons (Fsp3) is 0.233. The number of allylic oxidation sites excluding steroid dienone is 2. The molecule has 40 heavy (non-hydrogen) atoms. The molecule has 10 heteroatoms. The molecule has 1 aliphatic heterocycles. The lowest BCUT2D eigenvalue weighted by atomic mass is 9.67. The molecule has 10 nitrogen and oxygen atoms in total. The van der Waals surface area contributed by atoms with Crippen molar-refractivity contribution in [3.63, 3.8) is 0 Å². The van der Waals surface area contributed by atoms with Crippen molar-refractivity contribution in [1.29, 1.82) is 0 Å². The zero-order valence-corrected chi connectivity index (χ0v) is 22.1. The van der Waals surface area contributed by atoms with Gasteiger partial charge in [0.15, 0.2) is 17.3 Å². The van der Waals surface area contributed by atoms with Crippen molar-refractivity contribution < 1.29 is 43.3 Å². The molecule has 1 aliphatic carbocycles. The second kappa shape index (κ2) is 9.64. The van der Waals surface area contributed by atoms with Crippen molar-refractivity contribution in [2.24, 2.45) is 5.92 Å². The largest absolute Gasteiger partial charge is 0.507 e. The van der Waals surface area contributed by atoms with E-state index >= 15 is 0 Å². The summed E-state index contributed by atoms with van der Waals surface area (Å²) in [4.78, 5) is 64.0. The van der Waals surface area contributed by atoms with Crippen LogP contribution in [0.3, 0.4) is 0 Å². The summed E-state index contributed by atoms with van der Waals surface area (Å²) in [5.74, 6) is -5.52. The lowest BCUT2D eigenvalue weighted by molar-refractivity contribution is -0.140. The van der Waals surface area contributed by atoms with Gasteiger partial charge >= 0.3 is 5.97 Å². The van der Waals surface area contributed by atoms with E-state index in [1.807, 2.05) is 24.3 Å². The van der Waals surface area contributed by atoms with E-state index in [9.17, 15) is 29.1 Å². The van der Waals surface area contributed by atoms with E-state index in [2.05, 4.69) is 5.32 Å². The van der Waals surface area contributed by atoms with Gasteiger partial charge in [-0.1, -0.05) is 24.3 Å². The number of benzene rings is 3. The number of hydrogen-bond acceptors (Lipinski definition) is 9. The highest BCUT2D eigenvalue weighted by Gasteiger charge is 2.58. The third-order valence-electron chi connectivity index (χ3n) is 7.40. The first-order valence-corrected chi connectivity index (χ1v) is 12.3. The Kier molecular flexibility index (Phi) is 6.41. The molecule has 1 amide bonds. The van der Waals surface area contributed by atoms with Crippen LogP contribution in [0.2, 0.25) is 0 Å². The summed E-state index contributed by atoms with van der Waals surface area (Å²) in [6, 6.07) is 11.8. The predicted molar refractivity (Wildman–Crippen MR) is 141 cm³/mol. The number of nitrogens with one attached hydrogen (secondary N) is 1. The molecule has 0 saturated carbocycles. The molecular weight excluding hydrogens is 518 g/mol. The summed E-state index contributed by atoms with van der Waals surface area (Å²) >= 11 is 0. The van der Waals surface area contributed by atoms with Crippen LogP contribution in [-0.4, -0.2) is 48.6 Å². The molecule has 2 N–H and O–H groups in total. The van der Waals surface area contributed by atoms with Gasteiger partial charge in [0.05, 0.1) is 25.3 Å². The van der Waals surface area contributed by atoms with E-state index in [0.29, 0.717) is 11.1 Å². The quantitative estimate of drug-likeness (QED) is 0.354. The fourth-order valence-corrected chi connectivity index (χ4v) is 5.39. The minimum atomic E-state index is -1.67. The Hall–Kier alpha value is -4.99. The number of carbonyl (C=O) groups is 5. The summed E-state index contributed by atoms with van der Waals surface area (Å²) in [5.41, 5.74) is -0.873. The molecule has 204 valence electrons. The minimum Gasteiger partial charge on any atom is -0.507 e. The topological polar surface area (TPSA) is 145 Å². The van der Waals surface area contributed by atoms with Crippen LogP contribution >= 0.6 is 0 Å². The molecule has 0 spiro atoms. The Labute approximate surface area is 228 Å². The van der Waals surface area contributed by atoms with Crippen LogP contribution < -0.4 is 14.8 Å². The first-order chi connectivity index (χ1) is 19.0. The van der Waals surface area contributed by atoms with Crippen LogP contribution in [0.25, 0.3) is 10.8 Å². The maximum Gasteiger partial charge on any atom is 0.337 e. The van der Waals surface area contributed by atoms with Gasteiger partial charge in [0.1, 0.15) is 39.9 Å². The number of phenolic OH excluding ortho intramolecular Hbond substituents is 1. The number of fused-ring (bicyclic) bond motifs is 4. The van der Waals surface area contributed by atoms with Gasteiger partial charge < -0.3 is 24.6 Å². The summed E-state index contributed by atoms with van der Waals surface area (Å²) in [6.07, 6.45) is 1.06. The summed E-state index contributed by atoms with van der Waals surface area (Å²) < 4.78 is 16.1. The van der Waals surface area contributed by atoms with Gasteiger partial charge in [-0.05, 0) is 42.3 Å². The zero-order chi connectivity index (χ0) is 28.9. The smallest absolute Gasteiger partial charge is 0.337 e. The first-order valence-electron chi connectivity index (χ1n) is 12.3. The highest BCUT2D eigenvalue weighted by molar-refractivity contribution is 6.27. The summed E-state index contributed by atoms with van der Waals surface area (Å²) in [5, 5.41) is 15.3. The van der Waals surface area contributed by atoms with Gasteiger partial charge in [0.2, 0.25) is 0 Å². The Balaban J connectivity index is 1.57. The minimum absolute atomic E-state index is 0.00717. The number of hydrogen-bond donors (Lipinski definition) is 2. The van der Waals surface area contributed by atoms with Crippen LogP contribution in [0, 0.1) is 5.92 Å². The normalized spacial score (nSPS) is 19.3. The van der Waals surface area contributed by atoms with Crippen molar-refractivity contribution >= 4 is 40.0 Å². The van der Waals surface area contributed by atoms with Crippen molar-refractivity contribution in [1.82, 2.24) is 5.32 Å². The Morgan fingerprint density at radius 1 is 1.10 bits per heavy atom. The molecule has 3 aromatic carbocycles. The van der Waals surface area contributed by atoms with Crippen LogP contribution in [0.5, 0.6) is 17.2 Å². The monoisotopic (exact) mass is 543 g/mol. The maximum atomic E-state index is 13.6. The van der Waals surface area contributed by atoms with Gasteiger partial charge in [-0.2, -0.15) is 0 Å². The van der Waals surface area contributed by atoms with Gasteiger partial charge in [0.25, 0.3) is 5.91 Å². The summed E-state index contributed by atoms with van der Waals surface area (Å²) in [7, 11) is 2.58. The van der Waals surface area contributed by atoms with Crippen molar-refractivity contribution in [3.05, 3.63) is 76.6 Å². The number of rotatable bonds is 6. The van der Waals surface area contributed by atoms with E-state index in [4.69, 9.17) is 14.2 Å². The Bertz CT molecular complexity index is 1690. The fourth-order valence-electron chi connectivity index (χ4n) is 5.39. The number of ketones is 3. The molecule has 2 atom stereocenters. The molecule has 3 aromatic rings. The number of methoxy groups -OCH3 is 2. The number of phenols is 1. The van der Waals surface area contributed by atoms with E-state index in [1.165, 1.54) is 27.2 Å². The molecule has 0 saturated heterocycles. The number of carbonyl (C=O) groups excluding carboxylic acids is 5. The van der Waals surface area contributed by atoms with E-state index in [-0.39, 0.29) is 34.9 Å². The SMILES string of the molecule is COC(=O)c1cc(CNC(=O)c2c(OC)cc(O)c3c2OC2=CC(=O)C(C(C)=O)C(=O)[C@]23C)c2ccccc2c1. The van der Waals surface area contributed by atoms with Gasteiger partial charge in [-0.15, -0.1) is 0 Å². The highest BCUT2D eigenvalue weighted by atomic mass is 16.5. The number of ether oxygens (including phenoxy) is 3. The number of aromatic hydroxyl groups is 1. The van der Waals surface area contributed by atoms with Crippen molar-refractivity contribution in [2.45, 2.75) is 25.8 Å². The van der Waals surface area contributed by atoms with Gasteiger partial charge in [-0.25, -0.2) is 4.79 Å². The molecule has 1 unspecified atom stereocenters. The van der Waals surface area contributed by atoms with Crippen LogP contribution in [-0.2, 0) is 31.1 Å².